The molecular formula is C19H26N4O2. The van der Waals surface area contributed by atoms with Gasteiger partial charge in [0.05, 0.1) is 12.2 Å². The summed E-state index contributed by atoms with van der Waals surface area (Å²) in [6.45, 7) is 2.78. The summed E-state index contributed by atoms with van der Waals surface area (Å²) in [5.74, 6) is 1.08. The van der Waals surface area contributed by atoms with Crippen LogP contribution in [0.15, 0.2) is 36.4 Å². The maximum absolute atomic E-state index is 12.3. The highest BCUT2D eigenvalue weighted by Gasteiger charge is 2.22. The first-order chi connectivity index (χ1) is 12.1. The van der Waals surface area contributed by atoms with Gasteiger partial charge in [0, 0.05) is 18.7 Å². The molecule has 1 aromatic carbocycles. The van der Waals surface area contributed by atoms with E-state index >= 15 is 0 Å². The number of rotatable bonds is 5. The number of benzene rings is 1. The van der Waals surface area contributed by atoms with Gasteiger partial charge in [0.25, 0.3) is 0 Å². The molecule has 2 amide bonds. The van der Waals surface area contributed by atoms with E-state index in [1.54, 1.807) is 0 Å². The molecule has 0 unspecified atom stereocenters. The van der Waals surface area contributed by atoms with E-state index in [1.807, 2.05) is 48.0 Å². The molecule has 0 bridgehead atoms. The minimum Gasteiger partial charge on any atom is -0.396 e. The Labute approximate surface area is 148 Å². The molecule has 3 N–H and O–H groups in total. The summed E-state index contributed by atoms with van der Waals surface area (Å²) in [5, 5.41) is 19.6. The summed E-state index contributed by atoms with van der Waals surface area (Å²) < 4.78 is 1.81. The van der Waals surface area contributed by atoms with Crippen LogP contribution in [0.5, 0.6) is 0 Å². The van der Waals surface area contributed by atoms with Gasteiger partial charge < -0.3 is 10.4 Å². The highest BCUT2D eigenvalue weighted by atomic mass is 16.3. The number of hydrogen-bond acceptors (Lipinski definition) is 3. The number of carbonyl (C=O) groups excluding carboxylic acids is 1. The molecule has 2 aromatic rings. The molecule has 0 radical (unpaired) electrons. The van der Waals surface area contributed by atoms with Crippen molar-refractivity contribution in [1.82, 2.24) is 15.1 Å². The van der Waals surface area contributed by atoms with Gasteiger partial charge in [-0.05, 0) is 44.1 Å². The number of anilines is 1. The van der Waals surface area contributed by atoms with Crippen LogP contribution < -0.4 is 10.6 Å². The van der Waals surface area contributed by atoms with E-state index < -0.39 is 0 Å². The van der Waals surface area contributed by atoms with Gasteiger partial charge in [0.15, 0.2) is 0 Å². The topological polar surface area (TPSA) is 79.2 Å². The van der Waals surface area contributed by atoms with Crippen molar-refractivity contribution in [2.75, 3.05) is 11.9 Å². The second-order valence-electron chi connectivity index (χ2n) is 6.81. The Morgan fingerprint density at radius 2 is 1.96 bits per heavy atom. The van der Waals surface area contributed by atoms with Crippen LogP contribution in [0.1, 0.15) is 36.9 Å². The van der Waals surface area contributed by atoms with Crippen molar-refractivity contribution in [3.05, 3.63) is 47.7 Å². The average molecular weight is 342 g/mol. The van der Waals surface area contributed by atoms with Crippen LogP contribution in [0.4, 0.5) is 10.6 Å². The number of aliphatic hydroxyl groups is 1. The molecule has 25 heavy (non-hydrogen) atoms. The average Bonchev–Trinajstić information content (AvgIpc) is 2.95. The molecule has 0 aliphatic heterocycles. The lowest BCUT2D eigenvalue weighted by atomic mass is 9.87. The Bertz CT molecular complexity index is 691. The van der Waals surface area contributed by atoms with Crippen molar-refractivity contribution in [3.8, 4) is 0 Å². The maximum atomic E-state index is 12.3. The Balaban J connectivity index is 1.58. The van der Waals surface area contributed by atoms with Crippen molar-refractivity contribution in [2.45, 2.75) is 45.2 Å². The minimum absolute atomic E-state index is 0.175. The second-order valence-corrected chi connectivity index (χ2v) is 6.81. The van der Waals surface area contributed by atoms with Crippen molar-refractivity contribution in [3.63, 3.8) is 0 Å². The molecule has 1 aliphatic carbocycles. The van der Waals surface area contributed by atoms with Crippen LogP contribution in [0, 0.1) is 12.8 Å². The molecule has 0 saturated heterocycles. The number of urea groups is 1. The highest BCUT2D eigenvalue weighted by molar-refractivity contribution is 5.88. The summed E-state index contributed by atoms with van der Waals surface area (Å²) in [6, 6.07) is 11.9. The summed E-state index contributed by atoms with van der Waals surface area (Å²) in [4.78, 5) is 12.3. The highest BCUT2D eigenvalue weighted by Crippen LogP contribution is 2.23. The van der Waals surface area contributed by atoms with Gasteiger partial charge >= 0.3 is 6.03 Å². The van der Waals surface area contributed by atoms with Crippen LogP contribution in [-0.4, -0.2) is 33.6 Å². The Morgan fingerprint density at radius 3 is 2.64 bits per heavy atom. The fourth-order valence-electron chi connectivity index (χ4n) is 3.35. The van der Waals surface area contributed by atoms with E-state index in [9.17, 15) is 9.90 Å². The van der Waals surface area contributed by atoms with Gasteiger partial charge in [0.1, 0.15) is 5.82 Å². The van der Waals surface area contributed by atoms with E-state index in [0.717, 1.165) is 36.9 Å². The van der Waals surface area contributed by atoms with Crippen molar-refractivity contribution in [2.24, 2.45) is 5.92 Å². The molecule has 1 heterocycles. The number of aliphatic hydroxyl groups excluding tert-OH is 1. The number of nitrogens with zero attached hydrogens (tertiary/aromatic N) is 2. The summed E-state index contributed by atoms with van der Waals surface area (Å²) >= 11 is 0. The van der Waals surface area contributed by atoms with Crippen LogP contribution in [0.3, 0.4) is 0 Å². The lowest BCUT2D eigenvalue weighted by molar-refractivity contribution is 0.176. The largest absolute Gasteiger partial charge is 0.396 e. The molecule has 3 rings (SSSR count). The van der Waals surface area contributed by atoms with Crippen LogP contribution in [0.25, 0.3) is 0 Å². The molecule has 1 fully saturated rings. The van der Waals surface area contributed by atoms with Gasteiger partial charge in [-0.1, -0.05) is 30.3 Å². The zero-order chi connectivity index (χ0) is 17.6. The zero-order valence-electron chi connectivity index (χ0n) is 14.6. The Morgan fingerprint density at radius 1 is 1.24 bits per heavy atom. The summed E-state index contributed by atoms with van der Waals surface area (Å²) in [6.07, 6.45) is 3.76. The lowest BCUT2D eigenvalue weighted by Crippen LogP contribution is -2.40. The van der Waals surface area contributed by atoms with E-state index in [2.05, 4.69) is 15.7 Å². The Kier molecular flexibility index (Phi) is 5.71. The van der Waals surface area contributed by atoms with E-state index in [-0.39, 0.29) is 18.7 Å². The van der Waals surface area contributed by atoms with Crippen molar-refractivity contribution in [1.29, 1.82) is 0 Å². The first kappa shape index (κ1) is 17.5. The summed E-state index contributed by atoms with van der Waals surface area (Å²) in [5.41, 5.74) is 2.01. The monoisotopic (exact) mass is 342 g/mol. The number of carbonyl (C=O) groups is 1. The van der Waals surface area contributed by atoms with Gasteiger partial charge in [-0.2, -0.15) is 5.10 Å². The number of amides is 2. The third-order valence-corrected chi connectivity index (χ3v) is 4.76. The maximum Gasteiger partial charge on any atom is 0.320 e. The molecule has 1 saturated carbocycles. The van der Waals surface area contributed by atoms with Gasteiger partial charge in [0.2, 0.25) is 0 Å². The van der Waals surface area contributed by atoms with Gasteiger partial charge in [-0.3, -0.25) is 5.32 Å². The number of hydrogen-bond donors (Lipinski definition) is 3. The fraction of sp³-hybridized carbons (Fsp3) is 0.474. The SMILES string of the molecule is Cc1cc(NC(=O)NC2CCC(CO)CC2)n(Cc2ccccc2)n1. The molecule has 6 nitrogen and oxygen atoms in total. The predicted molar refractivity (Wildman–Crippen MR) is 97.5 cm³/mol. The van der Waals surface area contributed by atoms with Crippen LogP contribution in [0.2, 0.25) is 0 Å². The van der Waals surface area contributed by atoms with Crippen LogP contribution in [-0.2, 0) is 6.54 Å². The quantitative estimate of drug-likeness (QED) is 0.782. The number of nitrogens with one attached hydrogen (secondary N) is 2. The smallest absolute Gasteiger partial charge is 0.320 e. The minimum atomic E-state index is -0.193. The number of aryl methyl sites for hydroxylation is 1. The standard InChI is InChI=1S/C19H26N4O2/c1-14-11-18(23(22-14)12-15-5-3-2-4-6-15)21-19(25)20-17-9-7-16(13-24)8-10-17/h2-6,11,16-17,24H,7-10,12-13H2,1H3,(H2,20,21,25). The molecule has 0 atom stereocenters. The summed E-state index contributed by atoms with van der Waals surface area (Å²) in [7, 11) is 0. The van der Waals surface area contributed by atoms with Crippen molar-refractivity contribution >= 4 is 11.8 Å². The van der Waals surface area contributed by atoms with E-state index in [0.29, 0.717) is 18.3 Å². The third kappa shape index (κ3) is 4.82. The fourth-order valence-corrected chi connectivity index (χ4v) is 3.35. The zero-order valence-corrected chi connectivity index (χ0v) is 14.6. The van der Waals surface area contributed by atoms with Gasteiger partial charge in [-0.25, -0.2) is 9.48 Å². The third-order valence-electron chi connectivity index (χ3n) is 4.76. The van der Waals surface area contributed by atoms with E-state index in [1.165, 1.54) is 0 Å². The molecule has 134 valence electrons. The molecule has 0 spiro atoms. The molecular weight excluding hydrogens is 316 g/mol. The first-order valence-corrected chi connectivity index (χ1v) is 8.91. The normalized spacial score (nSPS) is 20.2. The van der Waals surface area contributed by atoms with E-state index in [4.69, 9.17) is 0 Å². The number of aromatic nitrogens is 2. The predicted octanol–water partition coefficient (Wildman–Crippen LogP) is 2.91. The second kappa shape index (κ2) is 8.16. The first-order valence-electron chi connectivity index (χ1n) is 8.91. The molecule has 1 aromatic heterocycles. The Hall–Kier alpha value is -2.34. The van der Waals surface area contributed by atoms with Crippen LogP contribution >= 0.6 is 0 Å². The van der Waals surface area contributed by atoms with Crippen molar-refractivity contribution < 1.29 is 9.90 Å². The molecule has 6 heteroatoms. The lowest BCUT2D eigenvalue weighted by Gasteiger charge is -2.27. The van der Waals surface area contributed by atoms with Gasteiger partial charge in [-0.15, -0.1) is 0 Å². The molecule has 1 aliphatic rings.